The zero-order chi connectivity index (χ0) is 18.6. The Labute approximate surface area is 148 Å². The highest BCUT2D eigenvalue weighted by Gasteiger charge is 2.20. The van der Waals surface area contributed by atoms with Crippen LogP contribution in [0.3, 0.4) is 0 Å². The maximum Gasteiger partial charge on any atom is 0.313 e. The van der Waals surface area contributed by atoms with Gasteiger partial charge in [-0.2, -0.15) is 0 Å². The van der Waals surface area contributed by atoms with Gasteiger partial charge in [0.2, 0.25) is 0 Å². The number of anilines is 1. The SMILES string of the molecule is Cc1cccc(NC(=O)C(=O)NCC(c2cccn2C)N(C)C)c1C. The molecule has 0 fully saturated rings. The van der Waals surface area contributed by atoms with Gasteiger partial charge >= 0.3 is 11.8 Å². The number of benzene rings is 1. The summed E-state index contributed by atoms with van der Waals surface area (Å²) in [6.45, 7) is 4.23. The molecular weight excluding hydrogens is 316 g/mol. The molecule has 134 valence electrons. The highest BCUT2D eigenvalue weighted by atomic mass is 16.2. The Bertz CT molecular complexity index is 765. The van der Waals surface area contributed by atoms with Gasteiger partial charge in [-0.3, -0.25) is 14.5 Å². The summed E-state index contributed by atoms with van der Waals surface area (Å²) < 4.78 is 2.01. The normalized spacial score (nSPS) is 12.1. The third-order valence-electron chi connectivity index (χ3n) is 4.46. The van der Waals surface area contributed by atoms with E-state index in [1.54, 1.807) is 6.07 Å². The zero-order valence-corrected chi connectivity index (χ0v) is 15.5. The number of carbonyl (C=O) groups is 2. The van der Waals surface area contributed by atoms with E-state index in [0.717, 1.165) is 16.8 Å². The second-order valence-electron chi connectivity index (χ2n) is 6.43. The molecule has 2 N–H and O–H groups in total. The summed E-state index contributed by atoms with van der Waals surface area (Å²) in [7, 11) is 5.85. The van der Waals surface area contributed by atoms with Crippen molar-refractivity contribution in [1.82, 2.24) is 14.8 Å². The molecule has 6 nitrogen and oxygen atoms in total. The molecule has 0 radical (unpaired) electrons. The molecule has 2 rings (SSSR count). The van der Waals surface area contributed by atoms with E-state index in [0.29, 0.717) is 12.2 Å². The van der Waals surface area contributed by atoms with Crippen LogP contribution in [0.4, 0.5) is 5.69 Å². The first-order valence-corrected chi connectivity index (χ1v) is 8.24. The fraction of sp³-hybridized carbons (Fsp3) is 0.368. The van der Waals surface area contributed by atoms with Crippen LogP contribution in [0.25, 0.3) is 0 Å². The van der Waals surface area contributed by atoms with E-state index >= 15 is 0 Å². The van der Waals surface area contributed by atoms with Crippen LogP contribution in [0.15, 0.2) is 36.5 Å². The van der Waals surface area contributed by atoms with Crippen molar-refractivity contribution in [2.45, 2.75) is 19.9 Å². The summed E-state index contributed by atoms with van der Waals surface area (Å²) in [5, 5.41) is 5.41. The lowest BCUT2D eigenvalue weighted by atomic mass is 10.1. The fourth-order valence-electron chi connectivity index (χ4n) is 2.71. The van der Waals surface area contributed by atoms with E-state index in [-0.39, 0.29) is 6.04 Å². The summed E-state index contributed by atoms with van der Waals surface area (Å²) in [6, 6.07) is 9.56. The summed E-state index contributed by atoms with van der Waals surface area (Å²) in [5.41, 5.74) is 3.75. The van der Waals surface area contributed by atoms with Gasteiger partial charge in [-0.15, -0.1) is 0 Å². The van der Waals surface area contributed by atoms with Gasteiger partial charge in [0.05, 0.1) is 6.04 Å². The van der Waals surface area contributed by atoms with Crippen LogP contribution < -0.4 is 10.6 Å². The lowest BCUT2D eigenvalue weighted by Crippen LogP contribution is -2.40. The molecule has 1 atom stereocenters. The smallest absolute Gasteiger partial charge is 0.313 e. The molecule has 1 aromatic heterocycles. The van der Waals surface area contributed by atoms with Gasteiger partial charge in [0.25, 0.3) is 0 Å². The summed E-state index contributed by atoms with van der Waals surface area (Å²) >= 11 is 0. The molecule has 1 aromatic carbocycles. The van der Waals surface area contributed by atoms with Crippen LogP contribution in [-0.4, -0.2) is 41.9 Å². The summed E-state index contributed by atoms with van der Waals surface area (Å²) in [5.74, 6) is -1.29. The highest BCUT2D eigenvalue weighted by molar-refractivity contribution is 6.39. The Kier molecular flexibility index (Phi) is 5.98. The van der Waals surface area contributed by atoms with E-state index in [1.165, 1.54) is 0 Å². The van der Waals surface area contributed by atoms with Gasteiger partial charge < -0.3 is 15.2 Å². The number of likely N-dealkylation sites (N-methyl/N-ethyl adjacent to an activating group) is 1. The average molecular weight is 342 g/mol. The first-order valence-electron chi connectivity index (χ1n) is 8.24. The molecule has 0 saturated carbocycles. The van der Waals surface area contributed by atoms with Crippen molar-refractivity contribution in [3.05, 3.63) is 53.3 Å². The first kappa shape index (κ1) is 18.7. The number of rotatable bonds is 5. The van der Waals surface area contributed by atoms with Gasteiger partial charge in [-0.05, 0) is 57.3 Å². The van der Waals surface area contributed by atoms with Crippen LogP contribution >= 0.6 is 0 Å². The molecule has 2 amide bonds. The van der Waals surface area contributed by atoms with Crippen molar-refractivity contribution in [2.75, 3.05) is 26.0 Å². The van der Waals surface area contributed by atoms with Crippen molar-refractivity contribution >= 4 is 17.5 Å². The second kappa shape index (κ2) is 7.98. The minimum Gasteiger partial charge on any atom is -0.353 e. The predicted octanol–water partition coefficient (Wildman–Crippen LogP) is 2.00. The molecule has 0 aliphatic rings. The number of nitrogens with one attached hydrogen (secondary N) is 2. The Morgan fingerprint density at radius 1 is 1.12 bits per heavy atom. The number of aromatic nitrogens is 1. The lowest BCUT2D eigenvalue weighted by molar-refractivity contribution is -0.136. The van der Waals surface area contributed by atoms with Crippen molar-refractivity contribution in [3.63, 3.8) is 0 Å². The zero-order valence-electron chi connectivity index (χ0n) is 15.5. The van der Waals surface area contributed by atoms with Gasteiger partial charge in [0.1, 0.15) is 0 Å². The molecule has 0 aliphatic carbocycles. The topological polar surface area (TPSA) is 66.4 Å². The maximum absolute atomic E-state index is 12.2. The van der Waals surface area contributed by atoms with Gasteiger partial charge in [0, 0.05) is 31.2 Å². The van der Waals surface area contributed by atoms with E-state index in [9.17, 15) is 9.59 Å². The van der Waals surface area contributed by atoms with Crippen LogP contribution in [0.2, 0.25) is 0 Å². The number of hydrogen-bond donors (Lipinski definition) is 2. The van der Waals surface area contributed by atoms with Gasteiger partial charge in [-0.1, -0.05) is 12.1 Å². The molecular formula is C19H26N4O2. The highest BCUT2D eigenvalue weighted by Crippen LogP contribution is 2.18. The maximum atomic E-state index is 12.2. The molecule has 1 heterocycles. The van der Waals surface area contributed by atoms with Crippen LogP contribution in [-0.2, 0) is 16.6 Å². The van der Waals surface area contributed by atoms with Crippen molar-refractivity contribution < 1.29 is 9.59 Å². The van der Waals surface area contributed by atoms with Crippen molar-refractivity contribution in [1.29, 1.82) is 0 Å². The van der Waals surface area contributed by atoms with Gasteiger partial charge in [-0.25, -0.2) is 0 Å². The lowest BCUT2D eigenvalue weighted by Gasteiger charge is -2.25. The van der Waals surface area contributed by atoms with Crippen molar-refractivity contribution in [3.8, 4) is 0 Å². The molecule has 25 heavy (non-hydrogen) atoms. The van der Waals surface area contributed by atoms with Crippen LogP contribution in [0.1, 0.15) is 22.9 Å². The van der Waals surface area contributed by atoms with Crippen molar-refractivity contribution in [2.24, 2.45) is 7.05 Å². The molecule has 0 aliphatic heterocycles. The predicted molar refractivity (Wildman–Crippen MR) is 99.4 cm³/mol. The molecule has 0 spiro atoms. The molecule has 1 unspecified atom stereocenters. The van der Waals surface area contributed by atoms with E-state index < -0.39 is 11.8 Å². The first-order chi connectivity index (χ1) is 11.8. The number of amides is 2. The van der Waals surface area contributed by atoms with Crippen LogP contribution in [0, 0.1) is 13.8 Å². The molecule has 0 saturated heterocycles. The van der Waals surface area contributed by atoms with E-state index in [4.69, 9.17) is 0 Å². The van der Waals surface area contributed by atoms with Crippen LogP contribution in [0.5, 0.6) is 0 Å². The Morgan fingerprint density at radius 3 is 2.44 bits per heavy atom. The Morgan fingerprint density at radius 2 is 1.84 bits per heavy atom. The molecule has 2 aromatic rings. The number of nitrogens with zero attached hydrogens (tertiary/aromatic N) is 2. The molecule has 0 bridgehead atoms. The third-order valence-corrected chi connectivity index (χ3v) is 4.46. The average Bonchev–Trinajstić information content (AvgIpc) is 2.97. The monoisotopic (exact) mass is 342 g/mol. The number of aryl methyl sites for hydroxylation is 2. The van der Waals surface area contributed by atoms with E-state index in [2.05, 4.69) is 10.6 Å². The third kappa shape index (κ3) is 4.48. The van der Waals surface area contributed by atoms with Gasteiger partial charge in [0.15, 0.2) is 0 Å². The van der Waals surface area contributed by atoms with E-state index in [1.807, 2.05) is 74.9 Å². The number of hydrogen-bond acceptors (Lipinski definition) is 3. The Balaban J connectivity index is 2.00. The summed E-state index contributed by atoms with van der Waals surface area (Å²) in [4.78, 5) is 26.4. The quantitative estimate of drug-likeness (QED) is 0.817. The fourth-order valence-corrected chi connectivity index (χ4v) is 2.71. The Hall–Kier alpha value is -2.60. The minimum absolute atomic E-state index is 0.0162. The number of carbonyl (C=O) groups excluding carboxylic acids is 2. The second-order valence-corrected chi connectivity index (χ2v) is 6.43. The molecule has 6 heteroatoms. The minimum atomic E-state index is -0.655. The largest absolute Gasteiger partial charge is 0.353 e. The summed E-state index contributed by atoms with van der Waals surface area (Å²) in [6.07, 6.45) is 1.96. The standard InChI is InChI=1S/C19H26N4O2/c1-13-8-6-9-15(14(13)2)21-19(25)18(24)20-12-17(22(3)4)16-10-7-11-23(16)5/h6-11,17H,12H2,1-5H3,(H,20,24)(H,21,25).